The molecule has 0 saturated heterocycles. The van der Waals surface area contributed by atoms with Crippen LogP contribution in [0.1, 0.15) is 10.4 Å². The van der Waals surface area contributed by atoms with Gasteiger partial charge < -0.3 is 19.6 Å². The maximum absolute atomic E-state index is 13.3. The molecule has 0 aliphatic carbocycles. The van der Waals surface area contributed by atoms with E-state index in [9.17, 15) is 18.0 Å². The molecule has 0 bridgehead atoms. The molecule has 0 aliphatic heterocycles. The molecule has 0 unspecified atom stereocenters. The van der Waals surface area contributed by atoms with E-state index < -0.39 is 22.1 Å². The Balaban J connectivity index is 1.45. The first-order valence-corrected chi connectivity index (χ1v) is 13.0. The third-order valence-electron chi connectivity index (χ3n) is 5.90. The molecule has 5 rings (SSSR count). The van der Waals surface area contributed by atoms with Gasteiger partial charge in [0, 0.05) is 22.5 Å². The number of carbonyl (C=O) groups is 2. The topological polar surface area (TPSA) is 111 Å². The fourth-order valence-corrected chi connectivity index (χ4v) is 5.31. The summed E-state index contributed by atoms with van der Waals surface area (Å²) in [6.07, 6.45) is 0. The third kappa shape index (κ3) is 5.00. The Morgan fingerprint density at radius 2 is 1.34 bits per heavy atom. The summed E-state index contributed by atoms with van der Waals surface area (Å²) in [5.41, 5.74) is 0.691. The molecule has 8 nitrogen and oxygen atoms in total. The van der Waals surface area contributed by atoms with Gasteiger partial charge in [0.2, 0.25) is 0 Å². The summed E-state index contributed by atoms with van der Waals surface area (Å²) in [4.78, 5) is 25.1. The number of urea groups is 1. The zero-order chi connectivity index (χ0) is 26.7. The lowest BCUT2D eigenvalue weighted by molar-refractivity contribution is 0.0599. The maximum Gasteiger partial charge on any atom is 0.341 e. The summed E-state index contributed by atoms with van der Waals surface area (Å²) >= 11 is 0. The number of rotatable bonds is 6. The summed E-state index contributed by atoms with van der Waals surface area (Å²) in [7, 11) is -3.18. The van der Waals surface area contributed by atoms with Crippen LogP contribution in [0.25, 0.3) is 21.5 Å². The Bertz CT molecular complexity index is 1790. The fourth-order valence-electron chi connectivity index (χ4n) is 4.14. The quantitative estimate of drug-likeness (QED) is 0.202. The number of hydrogen-bond donors (Lipinski definition) is 2. The van der Waals surface area contributed by atoms with Gasteiger partial charge in [0.25, 0.3) is 0 Å². The van der Waals surface area contributed by atoms with E-state index in [4.69, 9.17) is 8.92 Å². The van der Waals surface area contributed by atoms with E-state index in [0.717, 1.165) is 10.8 Å². The lowest BCUT2D eigenvalue weighted by Gasteiger charge is -2.14. The molecule has 190 valence electrons. The van der Waals surface area contributed by atoms with Gasteiger partial charge in [-0.2, -0.15) is 8.42 Å². The molecular formula is C29H22N2O6S. The largest absolute Gasteiger partial charge is 0.465 e. The van der Waals surface area contributed by atoms with Gasteiger partial charge in [0.1, 0.15) is 10.5 Å². The van der Waals surface area contributed by atoms with Crippen LogP contribution >= 0.6 is 0 Å². The van der Waals surface area contributed by atoms with Crippen molar-refractivity contribution in [2.75, 3.05) is 17.7 Å². The van der Waals surface area contributed by atoms with Crippen LogP contribution in [0.5, 0.6) is 5.75 Å². The molecule has 2 N–H and O–H groups in total. The molecule has 0 atom stereocenters. The Hall–Kier alpha value is -4.89. The van der Waals surface area contributed by atoms with Crippen molar-refractivity contribution >= 4 is 55.0 Å². The maximum atomic E-state index is 13.3. The standard InChI is InChI=1S/C29H22N2O6S/c1-36-28(32)24-17-16-21(30-29(33)31-25-14-6-10-19-8-2-4-12-22(19)25)18-26(24)37-38(34,35)27-15-7-11-20-9-3-5-13-23(20)27/h2-18H,1H3,(H2,30,31,33). The molecule has 0 aromatic heterocycles. The van der Waals surface area contributed by atoms with Crippen LogP contribution in [0.15, 0.2) is 108 Å². The Labute approximate surface area is 218 Å². The second-order valence-electron chi connectivity index (χ2n) is 8.32. The van der Waals surface area contributed by atoms with Crippen LogP contribution in [0, 0.1) is 0 Å². The number of anilines is 2. The van der Waals surface area contributed by atoms with E-state index in [1.807, 2.05) is 36.4 Å². The number of esters is 1. The van der Waals surface area contributed by atoms with E-state index in [1.165, 1.54) is 31.4 Å². The summed E-state index contributed by atoms with van der Waals surface area (Å²) < 4.78 is 36.9. The zero-order valence-electron chi connectivity index (χ0n) is 20.2. The smallest absolute Gasteiger partial charge is 0.341 e. The van der Waals surface area contributed by atoms with Gasteiger partial charge >= 0.3 is 22.1 Å². The van der Waals surface area contributed by atoms with E-state index in [-0.39, 0.29) is 21.9 Å². The van der Waals surface area contributed by atoms with Crippen molar-refractivity contribution in [3.8, 4) is 5.75 Å². The zero-order valence-corrected chi connectivity index (χ0v) is 21.0. The summed E-state index contributed by atoms with van der Waals surface area (Å²) in [6, 6.07) is 28.4. The summed E-state index contributed by atoms with van der Waals surface area (Å²) in [6.45, 7) is 0. The van der Waals surface area contributed by atoms with Crippen molar-refractivity contribution in [2.45, 2.75) is 4.90 Å². The molecular weight excluding hydrogens is 504 g/mol. The number of hydrogen-bond acceptors (Lipinski definition) is 6. The second kappa shape index (κ2) is 10.2. The predicted molar refractivity (Wildman–Crippen MR) is 146 cm³/mol. The predicted octanol–water partition coefficient (Wildman–Crippen LogP) is 6.19. The molecule has 2 amide bonds. The Morgan fingerprint density at radius 1 is 0.711 bits per heavy atom. The number of carbonyl (C=O) groups excluding carboxylic acids is 2. The molecule has 9 heteroatoms. The van der Waals surface area contributed by atoms with Crippen molar-refractivity contribution in [2.24, 2.45) is 0 Å². The van der Waals surface area contributed by atoms with E-state index in [0.29, 0.717) is 16.5 Å². The summed E-state index contributed by atoms with van der Waals surface area (Å²) in [5, 5.41) is 8.46. The second-order valence-corrected chi connectivity index (χ2v) is 9.84. The third-order valence-corrected chi connectivity index (χ3v) is 7.19. The first-order valence-electron chi connectivity index (χ1n) is 11.6. The van der Waals surface area contributed by atoms with E-state index >= 15 is 0 Å². The van der Waals surface area contributed by atoms with Gasteiger partial charge in [-0.05, 0) is 35.0 Å². The first kappa shape index (κ1) is 24.8. The van der Waals surface area contributed by atoms with Crippen molar-refractivity contribution < 1.29 is 26.9 Å². The molecule has 0 radical (unpaired) electrons. The van der Waals surface area contributed by atoms with Gasteiger partial charge in [0.15, 0.2) is 5.75 Å². The van der Waals surface area contributed by atoms with Gasteiger partial charge in [-0.15, -0.1) is 0 Å². The lowest BCUT2D eigenvalue weighted by atomic mass is 10.1. The minimum Gasteiger partial charge on any atom is -0.465 e. The van der Waals surface area contributed by atoms with Crippen molar-refractivity contribution in [3.05, 3.63) is 109 Å². The molecule has 0 saturated carbocycles. The Kier molecular flexibility index (Phi) is 6.68. The Morgan fingerprint density at radius 3 is 2.08 bits per heavy atom. The molecule has 0 spiro atoms. The van der Waals surface area contributed by atoms with Crippen LogP contribution in [0.2, 0.25) is 0 Å². The number of fused-ring (bicyclic) bond motifs is 2. The summed E-state index contributed by atoms with van der Waals surface area (Å²) in [5.74, 6) is -1.08. The van der Waals surface area contributed by atoms with Crippen molar-refractivity contribution in [1.82, 2.24) is 0 Å². The van der Waals surface area contributed by atoms with Gasteiger partial charge in [-0.3, -0.25) is 0 Å². The first-order chi connectivity index (χ1) is 18.4. The normalized spacial score (nSPS) is 11.2. The monoisotopic (exact) mass is 526 g/mol. The van der Waals surface area contributed by atoms with Crippen LogP contribution in [0.4, 0.5) is 16.2 Å². The molecule has 38 heavy (non-hydrogen) atoms. The average molecular weight is 527 g/mol. The van der Waals surface area contributed by atoms with Crippen molar-refractivity contribution in [1.29, 1.82) is 0 Å². The number of amides is 2. The molecule has 0 fully saturated rings. The SMILES string of the molecule is COC(=O)c1ccc(NC(=O)Nc2cccc3ccccc23)cc1OS(=O)(=O)c1cccc2ccccc12. The highest BCUT2D eigenvalue weighted by molar-refractivity contribution is 7.87. The molecule has 0 heterocycles. The number of ether oxygens (including phenoxy) is 1. The van der Waals surface area contributed by atoms with Gasteiger partial charge in [-0.1, -0.05) is 72.8 Å². The lowest BCUT2D eigenvalue weighted by Crippen LogP contribution is -2.20. The fraction of sp³-hybridized carbons (Fsp3) is 0.0345. The molecule has 5 aromatic carbocycles. The van der Waals surface area contributed by atoms with E-state index in [2.05, 4.69) is 10.6 Å². The van der Waals surface area contributed by atoms with Crippen LogP contribution in [0.3, 0.4) is 0 Å². The molecule has 5 aromatic rings. The average Bonchev–Trinajstić information content (AvgIpc) is 2.92. The van der Waals surface area contributed by atoms with Gasteiger partial charge in [0.05, 0.1) is 12.8 Å². The number of methoxy groups -OCH3 is 1. The minimum absolute atomic E-state index is 0.0570. The molecule has 0 aliphatic rings. The highest BCUT2D eigenvalue weighted by Crippen LogP contribution is 2.31. The van der Waals surface area contributed by atoms with Crippen LogP contribution in [-0.4, -0.2) is 27.5 Å². The number of benzene rings is 5. The highest BCUT2D eigenvalue weighted by Gasteiger charge is 2.24. The van der Waals surface area contributed by atoms with E-state index in [1.54, 1.807) is 42.5 Å². The minimum atomic E-state index is -4.36. The number of nitrogens with one attached hydrogen (secondary N) is 2. The van der Waals surface area contributed by atoms with Crippen LogP contribution < -0.4 is 14.8 Å². The van der Waals surface area contributed by atoms with Crippen LogP contribution in [-0.2, 0) is 14.9 Å². The van der Waals surface area contributed by atoms with Gasteiger partial charge in [-0.25, -0.2) is 9.59 Å². The highest BCUT2D eigenvalue weighted by atomic mass is 32.2. The van der Waals surface area contributed by atoms with Crippen molar-refractivity contribution in [3.63, 3.8) is 0 Å².